The summed E-state index contributed by atoms with van der Waals surface area (Å²) >= 11 is 3.12. The molecule has 6 heteroatoms. The van der Waals surface area contributed by atoms with Crippen LogP contribution in [0.3, 0.4) is 0 Å². The molecule has 4 nitrogen and oxygen atoms in total. The average Bonchev–Trinajstić information content (AvgIpc) is 3.35. The normalized spacial score (nSPS) is 15.7. The number of nitrogens with zero attached hydrogens (tertiary/aromatic N) is 2. The lowest BCUT2D eigenvalue weighted by Crippen LogP contribution is -2.44. The smallest absolute Gasteiger partial charge is 0.263 e. The van der Waals surface area contributed by atoms with Crippen molar-refractivity contribution in [2.45, 2.75) is 32.4 Å². The fourth-order valence-corrected chi connectivity index (χ4v) is 5.08. The molecule has 3 aromatic rings. The van der Waals surface area contributed by atoms with E-state index in [4.69, 9.17) is 0 Å². The molecule has 140 valence electrons. The Hall–Kier alpha value is -2.02. The highest BCUT2D eigenvalue weighted by Gasteiger charge is 2.22. The summed E-state index contributed by atoms with van der Waals surface area (Å²) in [5, 5.41) is 6.14. The second-order valence-corrected chi connectivity index (χ2v) is 9.00. The summed E-state index contributed by atoms with van der Waals surface area (Å²) in [6, 6.07) is 13.0. The molecular weight excluding hydrogens is 374 g/mol. The van der Waals surface area contributed by atoms with Gasteiger partial charge in [-0.05, 0) is 36.8 Å². The number of aryl methyl sites for hydroxylation is 1. The van der Waals surface area contributed by atoms with Gasteiger partial charge in [-0.1, -0.05) is 35.9 Å². The Bertz CT molecular complexity index is 896. The lowest BCUT2D eigenvalue weighted by Gasteiger charge is -2.32. The maximum absolute atomic E-state index is 12.6. The number of hydrogen-bond donors (Lipinski definition) is 1. The minimum Gasteiger partial charge on any atom is -0.348 e. The van der Waals surface area contributed by atoms with Gasteiger partial charge in [0, 0.05) is 25.7 Å². The van der Waals surface area contributed by atoms with E-state index in [9.17, 15) is 4.79 Å². The Kier molecular flexibility index (Phi) is 5.66. The Balaban J connectivity index is 1.28. The molecule has 0 atom stereocenters. The van der Waals surface area contributed by atoms with Crippen LogP contribution in [0.15, 0.2) is 48.0 Å². The number of carbonyl (C=O) groups excluding carboxylic acids is 1. The first-order chi connectivity index (χ1) is 13.2. The van der Waals surface area contributed by atoms with E-state index in [1.165, 1.54) is 22.5 Å². The van der Waals surface area contributed by atoms with Gasteiger partial charge in [-0.25, -0.2) is 4.98 Å². The Labute approximate surface area is 167 Å². The van der Waals surface area contributed by atoms with Crippen molar-refractivity contribution in [2.75, 3.05) is 13.1 Å². The van der Waals surface area contributed by atoms with Crippen molar-refractivity contribution in [2.24, 2.45) is 0 Å². The van der Waals surface area contributed by atoms with Crippen LogP contribution in [-0.4, -0.2) is 34.9 Å². The molecule has 0 saturated carbocycles. The number of piperidine rings is 1. The fraction of sp³-hybridized carbons (Fsp3) is 0.333. The molecule has 1 amide bonds. The van der Waals surface area contributed by atoms with Crippen LogP contribution in [0, 0.1) is 6.92 Å². The molecule has 0 unspecified atom stereocenters. The van der Waals surface area contributed by atoms with Crippen LogP contribution in [0.4, 0.5) is 0 Å². The van der Waals surface area contributed by atoms with Gasteiger partial charge in [0.25, 0.3) is 5.91 Å². The Morgan fingerprint density at radius 2 is 2.11 bits per heavy atom. The van der Waals surface area contributed by atoms with Gasteiger partial charge in [-0.3, -0.25) is 9.69 Å². The van der Waals surface area contributed by atoms with Crippen LogP contribution in [0.5, 0.6) is 0 Å². The molecule has 0 aliphatic carbocycles. The average molecular weight is 398 g/mol. The molecule has 1 N–H and O–H groups in total. The summed E-state index contributed by atoms with van der Waals surface area (Å²) in [5.41, 5.74) is 2.67. The standard InChI is InChI=1S/C21H23N3OS2/c1-15-4-2-5-16(12-15)14-24-9-7-17(8-10-24)23-20(25)19-13-22-21(27-19)18-6-3-11-26-18/h2-6,11-13,17H,7-10,14H2,1H3,(H,23,25). The van der Waals surface area contributed by atoms with Gasteiger partial charge in [0.2, 0.25) is 0 Å². The minimum atomic E-state index is 0.00689. The van der Waals surface area contributed by atoms with Crippen molar-refractivity contribution >= 4 is 28.6 Å². The summed E-state index contributed by atoms with van der Waals surface area (Å²) in [5.74, 6) is 0.00689. The summed E-state index contributed by atoms with van der Waals surface area (Å²) in [4.78, 5) is 21.2. The number of nitrogens with one attached hydrogen (secondary N) is 1. The Morgan fingerprint density at radius 3 is 2.85 bits per heavy atom. The molecule has 4 rings (SSSR count). The second kappa shape index (κ2) is 8.33. The first-order valence-corrected chi connectivity index (χ1v) is 11.0. The van der Waals surface area contributed by atoms with Gasteiger partial charge in [0.1, 0.15) is 9.88 Å². The number of rotatable bonds is 5. The predicted molar refractivity (Wildman–Crippen MR) is 112 cm³/mol. The number of thiophene rings is 1. The molecule has 2 aromatic heterocycles. The quantitative estimate of drug-likeness (QED) is 0.686. The lowest BCUT2D eigenvalue weighted by atomic mass is 10.0. The van der Waals surface area contributed by atoms with E-state index in [0.717, 1.165) is 42.4 Å². The number of likely N-dealkylation sites (tertiary alicyclic amines) is 1. The highest BCUT2D eigenvalue weighted by atomic mass is 32.1. The van der Waals surface area contributed by atoms with Gasteiger partial charge in [0.05, 0.1) is 11.1 Å². The number of aromatic nitrogens is 1. The molecule has 1 aromatic carbocycles. The van der Waals surface area contributed by atoms with Crippen molar-refractivity contribution in [3.63, 3.8) is 0 Å². The van der Waals surface area contributed by atoms with Crippen LogP contribution >= 0.6 is 22.7 Å². The van der Waals surface area contributed by atoms with E-state index in [2.05, 4.69) is 46.4 Å². The number of amides is 1. The number of carbonyl (C=O) groups is 1. The summed E-state index contributed by atoms with van der Waals surface area (Å²) in [6.45, 7) is 5.15. The van der Waals surface area contributed by atoms with Crippen LogP contribution < -0.4 is 5.32 Å². The van der Waals surface area contributed by atoms with Gasteiger partial charge in [-0.2, -0.15) is 0 Å². The molecule has 1 aliphatic heterocycles. The zero-order valence-corrected chi connectivity index (χ0v) is 17.0. The summed E-state index contributed by atoms with van der Waals surface area (Å²) in [6.07, 6.45) is 3.68. The SMILES string of the molecule is Cc1cccc(CN2CCC(NC(=O)c3cnc(-c4cccs4)s3)CC2)c1. The number of hydrogen-bond acceptors (Lipinski definition) is 5. The van der Waals surface area contributed by atoms with E-state index < -0.39 is 0 Å². The molecule has 1 fully saturated rings. The van der Waals surface area contributed by atoms with Gasteiger partial charge in [0.15, 0.2) is 0 Å². The fourth-order valence-electron chi connectivity index (χ4n) is 3.45. The second-order valence-electron chi connectivity index (χ2n) is 7.02. The first kappa shape index (κ1) is 18.3. The zero-order chi connectivity index (χ0) is 18.6. The van der Waals surface area contributed by atoms with Gasteiger partial charge >= 0.3 is 0 Å². The van der Waals surface area contributed by atoms with Crippen LogP contribution in [0.25, 0.3) is 9.88 Å². The van der Waals surface area contributed by atoms with Gasteiger partial charge < -0.3 is 5.32 Å². The third-order valence-corrected chi connectivity index (χ3v) is 6.91. The number of benzene rings is 1. The molecule has 0 radical (unpaired) electrons. The van der Waals surface area contributed by atoms with Crippen molar-refractivity contribution in [3.05, 3.63) is 64.0 Å². The highest BCUT2D eigenvalue weighted by Crippen LogP contribution is 2.29. The lowest BCUT2D eigenvalue weighted by molar-refractivity contribution is 0.0913. The van der Waals surface area contributed by atoms with E-state index in [1.807, 2.05) is 17.5 Å². The molecule has 0 spiro atoms. The van der Waals surface area contributed by atoms with E-state index >= 15 is 0 Å². The Morgan fingerprint density at radius 1 is 1.26 bits per heavy atom. The third-order valence-electron chi connectivity index (χ3n) is 4.87. The van der Waals surface area contributed by atoms with Crippen molar-refractivity contribution in [1.29, 1.82) is 0 Å². The maximum atomic E-state index is 12.6. The van der Waals surface area contributed by atoms with E-state index in [1.54, 1.807) is 17.5 Å². The maximum Gasteiger partial charge on any atom is 0.263 e. The van der Waals surface area contributed by atoms with Crippen molar-refractivity contribution in [1.82, 2.24) is 15.2 Å². The van der Waals surface area contributed by atoms with E-state index in [0.29, 0.717) is 4.88 Å². The monoisotopic (exact) mass is 397 g/mol. The molecule has 1 saturated heterocycles. The topological polar surface area (TPSA) is 45.2 Å². The largest absolute Gasteiger partial charge is 0.348 e. The molecular formula is C21H23N3OS2. The summed E-state index contributed by atoms with van der Waals surface area (Å²) < 4.78 is 0. The zero-order valence-electron chi connectivity index (χ0n) is 15.4. The van der Waals surface area contributed by atoms with Crippen LogP contribution in [0.2, 0.25) is 0 Å². The highest BCUT2D eigenvalue weighted by molar-refractivity contribution is 7.21. The molecule has 0 bridgehead atoms. The number of thiazole rings is 1. The first-order valence-electron chi connectivity index (χ1n) is 9.26. The van der Waals surface area contributed by atoms with Crippen LogP contribution in [0.1, 0.15) is 33.6 Å². The molecule has 27 heavy (non-hydrogen) atoms. The predicted octanol–water partition coefficient (Wildman–Crippen LogP) is 4.57. The van der Waals surface area contributed by atoms with Crippen molar-refractivity contribution in [3.8, 4) is 9.88 Å². The minimum absolute atomic E-state index is 0.00689. The molecule has 1 aliphatic rings. The summed E-state index contributed by atoms with van der Waals surface area (Å²) in [7, 11) is 0. The van der Waals surface area contributed by atoms with Crippen molar-refractivity contribution < 1.29 is 4.79 Å². The third kappa shape index (κ3) is 4.64. The van der Waals surface area contributed by atoms with E-state index in [-0.39, 0.29) is 11.9 Å². The van der Waals surface area contributed by atoms with Crippen LogP contribution in [-0.2, 0) is 6.54 Å². The van der Waals surface area contributed by atoms with Gasteiger partial charge in [-0.15, -0.1) is 22.7 Å². The molecule has 3 heterocycles.